The van der Waals surface area contributed by atoms with E-state index in [-0.39, 0.29) is 0 Å². The topological polar surface area (TPSA) is 50.7 Å². The van der Waals surface area contributed by atoms with Crippen molar-refractivity contribution in [3.8, 4) is 11.5 Å². The number of hydrogen-bond acceptors (Lipinski definition) is 4. The molecule has 110 valence electrons. The van der Waals surface area contributed by atoms with Crippen molar-refractivity contribution < 1.29 is 0 Å². The molecule has 0 aromatic carbocycles. The highest BCUT2D eigenvalue weighted by Crippen LogP contribution is 2.27. The molecule has 0 aliphatic heterocycles. The van der Waals surface area contributed by atoms with Crippen LogP contribution in [0, 0.1) is 0 Å². The Labute approximate surface area is 126 Å². The summed E-state index contributed by atoms with van der Waals surface area (Å²) < 4.78 is 0. The number of nitrogens with one attached hydrogen (secondary N) is 1. The fraction of sp³-hybridized carbons (Fsp3) is 0.471. The maximum Gasteiger partial charge on any atom is 0.180 e. The molecule has 0 saturated carbocycles. The smallest absolute Gasteiger partial charge is 0.180 e. The Morgan fingerprint density at radius 3 is 2.81 bits per heavy atom. The summed E-state index contributed by atoms with van der Waals surface area (Å²) in [7, 11) is 0. The molecule has 0 spiro atoms. The fourth-order valence-corrected chi connectivity index (χ4v) is 2.77. The van der Waals surface area contributed by atoms with Crippen LogP contribution in [0.2, 0.25) is 0 Å². The highest BCUT2D eigenvalue weighted by molar-refractivity contribution is 5.57. The normalized spacial score (nSPS) is 14.3. The van der Waals surface area contributed by atoms with E-state index < -0.39 is 0 Å². The average Bonchev–Trinajstić information content (AvgIpc) is 2.78. The molecule has 0 unspecified atom stereocenters. The summed E-state index contributed by atoms with van der Waals surface area (Å²) in [4.78, 5) is 13.9. The zero-order valence-electron chi connectivity index (χ0n) is 12.6. The minimum absolute atomic E-state index is 0.745. The third-order valence-corrected chi connectivity index (χ3v) is 3.87. The fourth-order valence-electron chi connectivity index (χ4n) is 2.77. The first-order valence-electron chi connectivity index (χ1n) is 7.93. The van der Waals surface area contributed by atoms with Gasteiger partial charge < -0.3 is 5.32 Å². The number of hydrogen-bond donors (Lipinski definition) is 1. The van der Waals surface area contributed by atoms with Gasteiger partial charge in [-0.2, -0.15) is 0 Å². The highest BCUT2D eigenvalue weighted by atomic mass is 15.0. The standard InChI is InChI=1S/C17H22N4/c1-2-11-19-16-13-8-4-3-5-9-14(13)20-17(21-16)15-10-6-7-12-18-15/h6-7,10,12H,2-5,8-9,11H2,1H3,(H,19,20,21). The van der Waals surface area contributed by atoms with Crippen LogP contribution in [0.3, 0.4) is 0 Å². The molecule has 2 heterocycles. The molecular formula is C17H22N4. The molecule has 0 atom stereocenters. The van der Waals surface area contributed by atoms with Crippen molar-refractivity contribution >= 4 is 5.82 Å². The molecule has 0 fully saturated rings. The number of nitrogens with zero attached hydrogens (tertiary/aromatic N) is 3. The summed E-state index contributed by atoms with van der Waals surface area (Å²) in [5.74, 6) is 1.76. The van der Waals surface area contributed by atoms with Crippen LogP contribution in [-0.4, -0.2) is 21.5 Å². The van der Waals surface area contributed by atoms with Crippen molar-refractivity contribution in [2.24, 2.45) is 0 Å². The number of fused-ring (bicyclic) bond motifs is 1. The molecule has 2 aromatic heterocycles. The van der Waals surface area contributed by atoms with Gasteiger partial charge in [-0.3, -0.25) is 4.98 Å². The van der Waals surface area contributed by atoms with Gasteiger partial charge in [0.15, 0.2) is 5.82 Å². The van der Waals surface area contributed by atoms with E-state index >= 15 is 0 Å². The van der Waals surface area contributed by atoms with Gasteiger partial charge in [0, 0.05) is 24.0 Å². The lowest BCUT2D eigenvalue weighted by molar-refractivity contribution is 0.709. The van der Waals surface area contributed by atoms with Crippen LogP contribution in [0.1, 0.15) is 43.9 Å². The first-order valence-corrected chi connectivity index (χ1v) is 7.93. The van der Waals surface area contributed by atoms with E-state index in [4.69, 9.17) is 9.97 Å². The van der Waals surface area contributed by atoms with Gasteiger partial charge in [-0.1, -0.05) is 19.4 Å². The van der Waals surface area contributed by atoms with Crippen molar-refractivity contribution in [1.29, 1.82) is 0 Å². The Kier molecular flexibility index (Phi) is 4.43. The van der Waals surface area contributed by atoms with Gasteiger partial charge in [0.2, 0.25) is 0 Å². The third kappa shape index (κ3) is 3.20. The minimum atomic E-state index is 0.745. The molecule has 3 rings (SSSR count). The van der Waals surface area contributed by atoms with Gasteiger partial charge in [0.05, 0.1) is 0 Å². The largest absolute Gasteiger partial charge is 0.370 e. The molecule has 1 aliphatic carbocycles. The lowest BCUT2D eigenvalue weighted by atomic mass is 10.1. The Bertz CT molecular complexity index is 595. The number of pyridine rings is 1. The van der Waals surface area contributed by atoms with E-state index in [9.17, 15) is 0 Å². The van der Waals surface area contributed by atoms with E-state index in [2.05, 4.69) is 17.2 Å². The molecule has 21 heavy (non-hydrogen) atoms. The summed E-state index contributed by atoms with van der Waals surface area (Å²) in [6, 6.07) is 5.88. The zero-order valence-corrected chi connectivity index (χ0v) is 12.6. The van der Waals surface area contributed by atoms with Gasteiger partial charge in [-0.25, -0.2) is 9.97 Å². The van der Waals surface area contributed by atoms with Crippen molar-refractivity contribution in [2.45, 2.75) is 45.4 Å². The Morgan fingerprint density at radius 2 is 2.00 bits per heavy atom. The lowest BCUT2D eigenvalue weighted by Crippen LogP contribution is -2.10. The van der Waals surface area contributed by atoms with E-state index in [0.717, 1.165) is 43.1 Å². The molecule has 1 N–H and O–H groups in total. The predicted molar refractivity (Wildman–Crippen MR) is 85.3 cm³/mol. The summed E-state index contributed by atoms with van der Waals surface area (Å²) in [5, 5.41) is 3.48. The average molecular weight is 282 g/mol. The van der Waals surface area contributed by atoms with Crippen molar-refractivity contribution in [2.75, 3.05) is 11.9 Å². The molecular weight excluding hydrogens is 260 g/mol. The zero-order chi connectivity index (χ0) is 14.5. The first-order chi connectivity index (χ1) is 10.4. The highest BCUT2D eigenvalue weighted by Gasteiger charge is 2.17. The monoisotopic (exact) mass is 282 g/mol. The van der Waals surface area contributed by atoms with Crippen LogP contribution >= 0.6 is 0 Å². The SMILES string of the molecule is CCCNc1nc(-c2ccccn2)nc2c1CCCCC2. The van der Waals surface area contributed by atoms with Crippen LogP contribution in [-0.2, 0) is 12.8 Å². The third-order valence-electron chi connectivity index (χ3n) is 3.87. The van der Waals surface area contributed by atoms with E-state index in [1.54, 1.807) is 6.20 Å². The number of anilines is 1. The quantitative estimate of drug-likeness (QED) is 0.870. The summed E-state index contributed by atoms with van der Waals surface area (Å²) >= 11 is 0. The summed E-state index contributed by atoms with van der Waals surface area (Å²) in [6.07, 6.45) is 8.77. The second kappa shape index (κ2) is 6.66. The maximum absolute atomic E-state index is 4.80. The Balaban J connectivity index is 2.04. The molecule has 0 bridgehead atoms. The van der Waals surface area contributed by atoms with Gasteiger partial charge in [-0.05, 0) is 44.2 Å². The molecule has 1 aliphatic rings. The van der Waals surface area contributed by atoms with Gasteiger partial charge in [-0.15, -0.1) is 0 Å². The Morgan fingerprint density at radius 1 is 1.10 bits per heavy atom. The van der Waals surface area contributed by atoms with E-state index in [1.807, 2.05) is 18.2 Å². The minimum Gasteiger partial charge on any atom is -0.370 e. The molecule has 0 radical (unpaired) electrons. The number of aryl methyl sites for hydroxylation is 1. The summed E-state index contributed by atoms with van der Waals surface area (Å²) in [5.41, 5.74) is 3.38. The van der Waals surface area contributed by atoms with Crippen LogP contribution < -0.4 is 5.32 Å². The van der Waals surface area contributed by atoms with E-state index in [0.29, 0.717) is 0 Å². The second-order valence-corrected chi connectivity index (χ2v) is 5.52. The van der Waals surface area contributed by atoms with Gasteiger partial charge >= 0.3 is 0 Å². The number of rotatable bonds is 4. The first kappa shape index (κ1) is 14.0. The lowest BCUT2D eigenvalue weighted by Gasteiger charge is -2.14. The summed E-state index contributed by atoms with van der Waals surface area (Å²) in [6.45, 7) is 3.12. The molecule has 0 amide bonds. The van der Waals surface area contributed by atoms with Crippen molar-refractivity contribution in [3.05, 3.63) is 35.7 Å². The molecule has 0 saturated heterocycles. The van der Waals surface area contributed by atoms with Gasteiger partial charge in [0.1, 0.15) is 11.5 Å². The van der Waals surface area contributed by atoms with Crippen LogP contribution in [0.15, 0.2) is 24.4 Å². The van der Waals surface area contributed by atoms with Crippen LogP contribution in [0.5, 0.6) is 0 Å². The maximum atomic E-state index is 4.80. The van der Waals surface area contributed by atoms with Gasteiger partial charge in [0.25, 0.3) is 0 Å². The van der Waals surface area contributed by atoms with Crippen molar-refractivity contribution in [3.63, 3.8) is 0 Å². The van der Waals surface area contributed by atoms with Crippen LogP contribution in [0.25, 0.3) is 11.5 Å². The van der Waals surface area contributed by atoms with E-state index in [1.165, 1.54) is 30.5 Å². The van der Waals surface area contributed by atoms with Crippen LogP contribution in [0.4, 0.5) is 5.82 Å². The van der Waals surface area contributed by atoms with Crippen molar-refractivity contribution in [1.82, 2.24) is 15.0 Å². The number of aromatic nitrogens is 3. The predicted octanol–water partition coefficient (Wildman–Crippen LogP) is 3.63. The Hall–Kier alpha value is -1.97. The second-order valence-electron chi connectivity index (χ2n) is 5.52. The molecule has 2 aromatic rings. The molecule has 4 heteroatoms. The molecule has 4 nitrogen and oxygen atoms in total.